The van der Waals surface area contributed by atoms with Crippen molar-refractivity contribution >= 4 is 28.9 Å². The Morgan fingerprint density at radius 3 is 2.10 bits per heavy atom. The van der Waals surface area contributed by atoms with E-state index in [1.165, 1.54) is 24.3 Å². The maximum Gasteiger partial charge on any atom is 0.206 e. The molecule has 0 bridgehead atoms. The predicted octanol–water partition coefficient (Wildman–Crippen LogP) is 5.23. The van der Waals surface area contributed by atoms with Crippen LogP contribution in [-0.4, -0.2) is 16.8 Å². The van der Waals surface area contributed by atoms with E-state index in [9.17, 15) is 8.78 Å². The lowest BCUT2D eigenvalue weighted by Crippen LogP contribution is -2.26. The summed E-state index contributed by atoms with van der Waals surface area (Å²) in [5, 5.41) is 0. The lowest BCUT2D eigenvalue weighted by Gasteiger charge is -2.18. The summed E-state index contributed by atoms with van der Waals surface area (Å²) in [7, 11) is 0.667. The fourth-order valence-electron chi connectivity index (χ4n) is 3.60. The summed E-state index contributed by atoms with van der Waals surface area (Å²) < 4.78 is 30.8. The first-order valence-electron chi connectivity index (χ1n) is 9.39. The molecule has 0 aliphatic heterocycles. The van der Waals surface area contributed by atoms with Gasteiger partial charge in [-0.2, -0.15) is 0 Å². The van der Waals surface area contributed by atoms with Crippen molar-refractivity contribution in [1.82, 2.24) is 9.55 Å². The summed E-state index contributed by atoms with van der Waals surface area (Å²) >= 11 is 3.45. The molecule has 0 unspecified atom stereocenters. The number of imidazole rings is 1. The molecule has 0 radical (unpaired) electrons. The van der Waals surface area contributed by atoms with Crippen molar-refractivity contribution < 1.29 is 8.78 Å². The number of hydrogen-bond acceptors (Lipinski definition) is 1. The Kier molecular flexibility index (Phi) is 5.90. The highest BCUT2D eigenvalue weighted by Crippen LogP contribution is 2.29. The summed E-state index contributed by atoms with van der Waals surface area (Å²) in [6.07, 6.45) is 4.38. The summed E-state index contributed by atoms with van der Waals surface area (Å²) in [6, 6.07) is 21.1. The zero-order valence-corrected chi connectivity index (χ0v) is 17.2. The molecule has 0 saturated carbocycles. The van der Waals surface area contributed by atoms with Crippen LogP contribution in [0, 0.1) is 11.6 Å². The first-order chi connectivity index (χ1) is 14.1. The van der Waals surface area contributed by atoms with Gasteiger partial charge in [-0.3, -0.25) is 4.98 Å². The molecule has 0 aliphatic carbocycles. The van der Waals surface area contributed by atoms with Crippen LogP contribution in [0.3, 0.4) is 0 Å². The molecule has 0 aliphatic rings. The minimum absolute atomic E-state index is 0.128. The Labute approximate surface area is 177 Å². The van der Waals surface area contributed by atoms with Gasteiger partial charge in [0.05, 0.1) is 5.72 Å². The number of halogens is 3. The van der Waals surface area contributed by atoms with Crippen molar-refractivity contribution in [3.63, 3.8) is 0 Å². The van der Waals surface area contributed by atoms with Crippen LogP contribution >= 0.6 is 15.9 Å². The summed E-state index contributed by atoms with van der Waals surface area (Å²) in [5.41, 5.74) is 3.59. The highest BCUT2D eigenvalue weighted by molar-refractivity contribution is 9.10. The van der Waals surface area contributed by atoms with E-state index in [1.54, 1.807) is 18.3 Å². The van der Waals surface area contributed by atoms with Gasteiger partial charge in [0.25, 0.3) is 0 Å². The van der Waals surface area contributed by atoms with Crippen LogP contribution in [0.15, 0.2) is 89.7 Å². The maximum atomic E-state index is 13.9. The van der Waals surface area contributed by atoms with E-state index in [2.05, 4.69) is 20.9 Å². The number of aromatic nitrogens is 2. The number of hydrogen-bond donors (Lipinski definition) is 0. The predicted molar refractivity (Wildman–Crippen MR) is 117 cm³/mol. The lowest BCUT2D eigenvalue weighted by molar-refractivity contribution is 0.620. The quantitative estimate of drug-likeness (QED) is 0.368. The molecule has 144 valence electrons. The van der Waals surface area contributed by atoms with Crippen LogP contribution in [0.1, 0.15) is 17.0 Å². The van der Waals surface area contributed by atoms with Crippen LogP contribution in [-0.2, 0) is 0 Å². The molecule has 4 rings (SSSR count). The Bertz CT molecular complexity index is 1070. The second kappa shape index (κ2) is 8.74. The summed E-state index contributed by atoms with van der Waals surface area (Å²) in [4.78, 5) is 4.51. The molecule has 0 fully saturated rings. The van der Waals surface area contributed by atoms with Gasteiger partial charge in [-0.15, -0.1) is 0 Å². The third kappa shape index (κ3) is 4.65. The van der Waals surface area contributed by atoms with Gasteiger partial charge in [0, 0.05) is 28.5 Å². The van der Waals surface area contributed by atoms with Crippen LogP contribution in [0.5, 0.6) is 0 Å². The highest BCUT2D eigenvalue weighted by Gasteiger charge is 2.18. The van der Waals surface area contributed by atoms with Gasteiger partial charge in [-0.25, -0.2) is 8.78 Å². The Hall–Kier alpha value is -2.73. The van der Waals surface area contributed by atoms with Crippen LogP contribution < -0.4 is 5.72 Å². The van der Waals surface area contributed by atoms with Gasteiger partial charge in [0.15, 0.2) is 0 Å². The van der Waals surface area contributed by atoms with E-state index in [4.69, 9.17) is 0 Å². The molecule has 3 aromatic carbocycles. The van der Waals surface area contributed by atoms with Crippen molar-refractivity contribution in [3.05, 3.63) is 112 Å². The van der Waals surface area contributed by atoms with Gasteiger partial charge in [-0.1, -0.05) is 46.5 Å². The van der Waals surface area contributed by atoms with Crippen LogP contribution in [0.25, 0.3) is 5.69 Å². The van der Waals surface area contributed by atoms with E-state index >= 15 is 0 Å². The summed E-state index contributed by atoms with van der Waals surface area (Å²) in [5.74, 6) is -0.711. The SMILES string of the molecule is Fc1cccc(C(CBc2nccn2-c2ccc(Br)cc2)c2cccc(F)c2)c1. The highest BCUT2D eigenvalue weighted by atomic mass is 79.9. The lowest BCUT2D eigenvalue weighted by atomic mass is 9.65. The van der Waals surface area contributed by atoms with E-state index < -0.39 is 0 Å². The molecule has 6 heteroatoms. The monoisotopic (exact) mass is 450 g/mol. The van der Waals surface area contributed by atoms with E-state index in [1.807, 2.05) is 47.2 Å². The molecule has 0 spiro atoms. The molecule has 1 aromatic heterocycles. The zero-order valence-electron chi connectivity index (χ0n) is 15.6. The fourth-order valence-corrected chi connectivity index (χ4v) is 3.87. The van der Waals surface area contributed by atoms with Crippen LogP contribution in [0.4, 0.5) is 8.78 Å². The normalized spacial score (nSPS) is 11.0. The molecule has 0 atom stereocenters. The molecule has 0 saturated heterocycles. The van der Waals surface area contributed by atoms with Crippen molar-refractivity contribution in [2.45, 2.75) is 12.2 Å². The first-order valence-corrected chi connectivity index (χ1v) is 10.2. The third-order valence-corrected chi connectivity index (χ3v) is 5.51. The summed E-state index contributed by atoms with van der Waals surface area (Å²) in [6.45, 7) is 0. The van der Waals surface area contributed by atoms with E-state index in [-0.39, 0.29) is 17.6 Å². The zero-order chi connectivity index (χ0) is 20.2. The average Bonchev–Trinajstić information content (AvgIpc) is 3.17. The van der Waals surface area contributed by atoms with Gasteiger partial charge in [-0.05, 0) is 59.7 Å². The van der Waals surface area contributed by atoms with Gasteiger partial charge in [0.2, 0.25) is 7.28 Å². The largest absolute Gasteiger partial charge is 0.312 e. The fraction of sp³-hybridized carbons (Fsp3) is 0.0870. The molecule has 0 amide bonds. The number of benzene rings is 3. The van der Waals surface area contributed by atoms with Crippen molar-refractivity contribution in [2.24, 2.45) is 0 Å². The molecule has 0 N–H and O–H groups in total. The Morgan fingerprint density at radius 2 is 1.52 bits per heavy atom. The minimum Gasteiger partial charge on any atom is -0.312 e. The maximum absolute atomic E-state index is 13.9. The van der Waals surface area contributed by atoms with Gasteiger partial charge in [0.1, 0.15) is 11.6 Å². The topological polar surface area (TPSA) is 17.8 Å². The van der Waals surface area contributed by atoms with Crippen LogP contribution in [0.2, 0.25) is 6.32 Å². The molecule has 29 heavy (non-hydrogen) atoms. The van der Waals surface area contributed by atoms with Gasteiger partial charge >= 0.3 is 0 Å². The van der Waals surface area contributed by atoms with Crippen molar-refractivity contribution in [2.75, 3.05) is 0 Å². The first kappa shape index (κ1) is 19.6. The van der Waals surface area contributed by atoms with E-state index in [0.29, 0.717) is 13.6 Å². The smallest absolute Gasteiger partial charge is 0.206 e. The van der Waals surface area contributed by atoms with Gasteiger partial charge < -0.3 is 4.57 Å². The van der Waals surface area contributed by atoms with Crippen molar-refractivity contribution in [3.8, 4) is 5.69 Å². The Morgan fingerprint density at radius 1 is 0.897 bits per heavy atom. The second-order valence-electron chi connectivity index (χ2n) is 6.89. The molecule has 1 heterocycles. The second-order valence-corrected chi connectivity index (χ2v) is 7.81. The standard InChI is InChI=1S/C23H18BBrF2N2/c25-18-7-9-21(10-8-18)29-12-11-28-23(29)24-15-22(16-3-1-5-19(26)13-16)17-4-2-6-20(27)14-17/h1-14,22,24H,15H2. The van der Waals surface area contributed by atoms with E-state index in [0.717, 1.165) is 27.0 Å². The Balaban J connectivity index is 1.63. The average molecular weight is 451 g/mol. The minimum atomic E-state index is -0.291. The third-order valence-electron chi connectivity index (χ3n) is 4.98. The molecular formula is C23H18BBrF2N2. The number of rotatable bonds is 6. The van der Waals surface area contributed by atoms with Crippen molar-refractivity contribution in [1.29, 1.82) is 0 Å². The molecule has 2 nitrogen and oxygen atoms in total. The molecular weight excluding hydrogens is 433 g/mol. The number of nitrogens with zero attached hydrogens (tertiary/aromatic N) is 2. The molecule has 4 aromatic rings.